The lowest BCUT2D eigenvalue weighted by Crippen LogP contribution is -2.11. The van der Waals surface area contributed by atoms with Crippen molar-refractivity contribution in [2.45, 2.75) is 26.2 Å². The molecule has 0 aliphatic carbocycles. The Hall–Kier alpha value is -3.38. The largest absolute Gasteiger partial charge is 0.457 e. The number of ether oxygens (including phenoxy) is 1. The number of carbonyl (C=O) groups is 1. The van der Waals surface area contributed by atoms with Gasteiger partial charge < -0.3 is 15.8 Å². The fourth-order valence-corrected chi connectivity index (χ4v) is 4.13. The number of amides is 1. The van der Waals surface area contributed by atoms with Crippen LogP contribution in [0.25, 0.3) is 10.2 Å². The first-order chi connectivity index (χ1) is 14.6. The molecule has 6 heteroatoms. The van der Waals surface area contributed by atoms with Gasteiger partial charge in [-0.1, -0.05) is 31.5 Å². The van der Waals surface area contributed by atoms with E-state index in [1.807, 2.05) is 54.6 Å². The van der Waals surface area contributed by atoms with Crippen LogP contribution in [0.15, 0.2) is 66.7 Å². The van der Waals surface area contributed by atoms with Crippen LogP contribution in [-0.4, -0.2) is 10.9 Å². The van der Waals surface area contributed by atoms with Crippen LogP contribution in [0, 0.1) is 0 Å². The first-order valence-corrected chi connectivity index (χ1v) is 10.8. The maximum Gasteiger partial charge on any atom is 0.267 e. The number of nitrogens with two attached hydrogens (primary N) is 1. The predicted octanol–water partition coefficient (Wildman–Crippen LogP) is 6.27. The van der Waals surface area contributed by atoms with Crippen molar-refractivity contribution in [2.75, 3.05) is 11.1 Å². The van der Waals surface area contributed by atoms with Crippen LogP contribution in [-0.2, 0) is 6.42 Å². The second-order valence-electron chi connectivity index (χ2n) is 7.00. The molecule has 0 spiro atoms. The molecule has 5 nitrogen and oxygen atoms in total. The number of thiophene rings is 1. The maximum atomic E-state index is 12.8. The van der Waals surface area contributed by atoms with Crippen LogP contribution < -0.4 is 15.8 Å². The molecule has 0 bridgehead atoms. The lowest BCUT2D eigenvalue weighted by atomic mass is 10.1. The minimum absolute atomic E-state index is 0.234. The minimum atomic E-state index is -0.234. The molecule has 4 aromatic rings. The van der Waals surface area contributed by atoms with Crippen molar-refractivity contribution in [2.24, 2.45) is 0 Å². The number of pyridine rings is 1. The molecular weight excluding hydrogens is 394 g/mol. The summed E-state index contributed by atoms with van der Waals surface area (Å²) in [4.78, 5) is 18.8. The Bertz CT molecular complexity index is 1150. The minimum Gasteiger partial charge on any atom is -0.457 e. The van der Waals surface area contributed by atoms with E-state index < -0.39 is 0 Å². The summed E-state index contributed by atoms with van der Waals surface area (Å²) in [5.41, 5.74) is 8.43. The highest BCUT2D eigenvalue weighted by Crippen LogP contribution is 2.33. The molecule has 1 amide bonds. The Balaban J connectivity index is 1.48. The van der Waals surface area contributed by atoms with Crippen LogP contribution in [0.2, 0.25) is 0 Å². The van der Waals surface area contributed by atoms with Crippen LogP contribution in [0.4, 0.5) is 11.4 Å². The van der Waals surface area contributed by atoms with Crippen molar-refractivity contribution in [3.05, 3.63) is 77.3 Å². The summed E-state index contributed by atoms with van der Waals surface area (Å²) < 4.78 is 5.78. The second kappa shape index (κ2) is 8.97. The van der Waals surface area contributed by atoms with E-state index in [4.69, 9.17) is 10.5 Å². The zero-order chi connectivity index (χ0) is 20.9. The predicted molar refractivity (Wildman–Crippen MR) is 124 cm³/mol. The quantitative estimate of drug-likeness (QED) is 0.372. The Labute approximate surface area is 179 Å². The summed E-state index contributed by atoms with van der Waals surface area (Å²) in [5.74, 6) is 1.23. The van der Waals surface area contributed by atoms with Gasteiger partial charge >= 0.3 is 0 Å². The number of nitrogens with zero attached hydrogens (tertiary/aromatic N) is 1. The molecule has 0 aliphatic heterocycles. The van der Waals surface area contributed by atoms with Gasteiger partial charge in [-0.05, 0) is 61.4 Å². The Morgan fingerprint density at radius 1 is 1.03 bits per heavy atom. The van der Waals surface area contributed by atoms with E-state index in [2.05, 4.69) is 17.2 Å². The number of aromatic nitrogens is 1. The van der Waals surface area contributed by atoms with Gasteiger partial charge in [0.25, 0.3) is 5.91 Å². The average Bonchev–Trinajstić information content (AvgIpc) is 3.10. The van der Waals surface area contributed by atoms with Gasteiger partial charge in [0.1, 0.15) is 21.2 Å². The molecule has 0 saturated heterocycles. The van der Waals surface area contributed by atoms with Crippen molar-refractivity contribution in [1.82, 2.24) is 4.98 Å². The lowest BCUT2D eigenvalue weighted by Gasteiger charge is -2.08. The molecule has 0 saturated carbocycles. The van der Waals surface area contributed by atoms with Gasteiger partial charge in [0, 0.05) is 16.8 Å². The van der Waals surface area contributed by atoms with E-state index in [1.165, 1.54) is 11.3 Å². The average molecular weight is 418 g/mol. The summed E-state index contributed by atoms with van der Waals surface area (Å²) >= 11 is 1.33. The number of para-hydroxylation sites is 1. The van der Waals surface area contributed by atoms with Gasteiger partial charge in [-0.2, -0.15) is 0 Å². The number of carbonyl (C=O) groups excluding carboxylic acids is 1. The van der Waals surface area contributed by atoms with E-state index in [-0.39, 0.29) is 5.91 Å². The van der Waals surface area contributed by atoms with Crippen LogP contribution in [0.1, 0.15) is 35.1 Å². The molecule has 0 aliphatic rings. The number of benzene rings is 2. The van der Waals surface area contributed by atoms with E-state index in [0.29, 0.717) is 22.0 Å². The van der Waals surface area contributed by atoms with E-state index in [0.717, 1.165) is 40.9 Å². The molecule has 0 atom stereocenters. The summed E-state index contributed by atoms with van der Waals surface area (Å²) in [5, 5.41) is 3.74. The third kappa shape index (κ3) is 4.44. The highest BCUT2D eigenvalue weighted by Gasteiger charge is 2.18. The zero-order valence-electron chi connectivity index (χ0n) is 16.7. The van der Waals surface area contributed by atoms with Crippen LogP contribution in [0.5, 0.6) is 11.5 Å². The molecule has 30 heavy (non-hydrogen) atoms. The van der Waals surface area contributed by atoms with Gasteiger partial charge in [-0.3, -0.25) is 4.79 Å². The number of hydrogen-bond donors (Lipinski definition) is 2. The fraction of sp³-hybridized carbons (Fsp3) is 0.167. The first kappa shape index (κ1) is 19.9. The molecule has 2 aromatic carbocycles. The number of fused-ring (bicyclic) bond motifs is 1. The molecule has 2 aromatic heterocycles. The zero-order valence-corrected chi connectivity index (χ0v) is 17.5. The second-order valence-corrected chi connectivity index (χ2v) is 8.00. The summed E-state index contributed by atoms with van der Waals surface area (Å²) in [6, 6.07) is 20.8. The number of rotatable bonds is 7. The topological polar surface area (TPSA) is 77.2 Å². The highest BCUT2D eigenvalue weighted by atomic mass is 32.1. The number of hydrogen-bond acceptors (Lipinski definition) is 5. The van der Waals surface area contributed by atoms with E-state index in [1.54, 1.807) is 12.1 Å². The third-order valence-electron chi connectivity index (χ3n) is 4.74. The number of nitrogen functional groups attached to an aromatic ring is 1. The summed E-state index contributed by atoms with van der Waals surface area (Å²) in [6.07, 6.45) is 3.15. The van der Waals surface area contributed by atoms with Crippen molar-refractivity contribution in [1.29, 1.82) is 0 Å². The van der Waals surface area contributed by atoms with Crippen molar-refractivity contribution in [3.8, 4) is 11.5 Å². The molecule has 0 radical (unpaired) electrons. The van der Waals surface area contributed by atoms with Gasteiger partial charge in [0.2, 0.25) is 0 Å². The van der Waals surface area contributed by atoms with Gasteiger partial charge in [-0.25, -0.2) is 4.98 Å². The van der Waals surface area contributed by atoms with Crippen molar-refractivity contribution >= 4 is 38.8 Å². The number of nitrogens with one attached hydrogen (secondary N) is 1. The Kier molecular flexibility index (Phi) is 5.95. The fourth-order valence-electron chi connectivity index (χ4n) is 3.12. The molecule has 0 unspecified atom stereocenters. The smallest absolute Gasteiger partial charge is 0.267 e. The Morgan fingerprint density at radius 2 is 1.77 bits per heavy atom. The standard InChI is InChI=1S/C24H23N3O2S/c1-2-3-7-16-12-15-20-21(25)22(30-24(20)27-16)23(28)26-17-10-13-19(14-11-17)29-18-8-5-4-6-9-18/h4-6,8-15H,2-3,7,25H2,1H3,(H,26,28). The Morgan fingerprint density at radius 3 is 2.50 bits per heavy atom. The summed E-state index contributed by atoms with van der Waals surface area (Å²) in [6.45, 7) is 2.16. The number of unbranched alkanes of at least 4 members (excludes halogenated alkanes) is 1. The van der Waals surface area contributed by atoms with Gasteiger partial charge in [0.15, 0.2) is 0 Å². The lowest BCUT2D eigenvalue weighted by molar-refractivity contribution is 0.103. The van der Waals surface area contributed by atoms with Gasteiger partial charge in [0.05, 0.1) is 5.69 Å². The number of anilines is 2. The molecule has 152 valence electrons. The van der Waals surface area contributed by atoms with E-state index in [9.17, 15) is 4.79 Å². The highest BCUT2D eigenvalue weighted by molar-refractivity contribution is 7.21. The molecular formula is C24H23N3O2S. The summed E-state index contributed by atoms with van der Waals surface area (Å²) in [7, 11) is 0. The monoisotopic (exact) mass is 417 g/mol. The normalized spacial score (nSPS) is 10.8. The van der Waals surface area contributed by atoms with Crippen LogP contribution >= 0.6 is 11.3 Å². The van der Waals surface area contributed by atoms with E-state index >= 15 is 0 Å². The van der Waals surface area contributed by atoms with Crippen molar-refractivity contribution in [3.63, 3.8) is 0 Å². The first-order valence-electron chi connectivity index (χ1n) is 9.96. The molecule has 3 N–H and O–H groups in total. The van der Waals surface area contributed by atoms with Crippen molar-refractivity contribution < 1.29 is 9.53 Å². The van der Waals surface area contributed by atoms with Gasteiger partial charge in [-0.15, -0.1) is 11.3 Å². The maximum absolute atomic E-state index is 12.8. The SMILES string of the molecule is CCCCc1ccc2c(N)c(C(=O)Nc3ccc(Oc4ccccc4)cc3)sc2n1. The molecule has 0 fully saturated rings. The molecule has 4 rings (SSSR count). The molecule has 2 heterocycles. The number of aryl methyl sites for hydroxylation is 1. The van der Waals surface area contributed by atoms with Crippen LogP contribution in [0.3, 0.4) is 0 Å². The third-order valence-corrected chi connectivity index (χ3v) is 5.85.